The molecule has 1 unspecified atom stereocenters. The number of rotatable bonds is 5. The van der Waals surface area contributed by atoms with Crippen molar-refractivity contribution in [1.29, 1.82) is 0 Å². The highest BCUT2D eigenvalue weighted by Crippen LogP contribution is 2.18. The van der Waals surface area contributed by atoms with Crippen LogP contribution in [0, 0.1) is 5.92 Å². The SMILES string of the molecule is CC(C)CC1CSC(=NCCn2ccnc2)N1. The molecule has 1 saturated heterocycles. The molecule has 0 aromatic carbocycles. The zero-order valence-electron chi connectivity index (χ0n) is 10.5. The molecule has 5 heteroatoms. The summed E-state index contributed by atoms with van der Waals surface area (Å²) in [4.78, 5) is 8.59. The van der Waals surface area contributed by atoms with Gasteiger partial charge >= 0.3 is 0 Å². The van der Waals surface area contributed by atoms with Gasteiger partial charge in [-0.15, -0.1) is 0 Å². The van der Waals surface area contributed by atoms with Crippen LogP contribution in [-0.4, -0.2) is 33.1 Å². The number of thioether (sulfide) groups is 1. The highest BCUT2D eigenvalue weighted by atomic mass is 32.2. The van der Waals surface area contributed by atoms with E-state index in [0.717, 1.165) is 29.9 Å². The predicted molar refractivity (Wildman–Crippen MR) is 73.4 cm³/mol. The van der Waals surface area contributed by atoms with Crippen LogP contribution in [0.5, 0.6) is 0 Å². The minimum Gasteiger partial charge on any atom is -0.361 e. The van der Waals surface area contributed by atoms with Gasteiger partial charge in [-0.25, -0.2) is 4.98 Å². The number of imidazole rings is 1. The van der Waals surface area contributed by atoms with Gasteiger partial charge in [0.1, 0.15) is 0 Å². The lowest BCUT2D eigenvalue weighted by Gasteiger charge is -2.11. The van der Waals surface area contributed by atoms with E-state index in [1.807, 2.05) is 24.3 Å². The molecule has 0 spiro atoms. The number of hydrogen-bond donors (Lipinski definition) is 1. The number of hydrogen-bond acceptors (Lipinski definition) is 3. The summed E-state index contributed by atoms with van der Waals surface area (Å²) in [6.45, 7) is 6.25. The number of aliphatic imine (C=N–C) groups is 1. The average molecular weight is 252 g/mol. The van der Waals surface area contributed by atoms with Crippen molar-refractivity contribution >= 4 is 16.9 Å². The molecule has 94 valence electrons. The van der Waals surface area contributed by atoms with Gasteiger partial charge in [0, 0.05) is 30.7 Å². The molecule has 1 aromatic heterocycles. The second-order valence-electron chi connectivity index (χ2n) is 4.77. The van der Waals surface area contributed by atoms with E-state index >= 15 is 0 Å². The lowest BCUT2D eigenvalue weighted by molar-refractivity contribution is 0.502. The molecule has 2 rings (SSSR count). The van der Waals surface area contributed by atoms with E-state index in [0.29, 0.717) is 6.04 Å². The molecule has 0 saturated carbocycles. The summed E-state index contributed by atoms with van der Waals surface area (Å²) in [5, 5.41) is 4.60. The lowest BCUT2D eigenvalue weighted by atomic mass is 10.1. The first-order valence-electron chi connectivity index (χ1n) is 6.13. The lowest BCUT2D eigenvalue weighted by Crippen LogP contribution is -2.28. The number of aromatic nitrogens is 2. The molecule has 2 heterocycles. The maximum Gasteiger partial charge on any atom is 0.156 e. The normalized spacial score (nSPS) is 22.3. The van der Waals surface area contributed by atoms with Crippen molar-refractivity contribution in [1.82, 2.24) is 14.9 Å². The van der Waals surface area contributed by atoms with Crippen LogP contribution >= 0.6 is 11.8 Å². The Balaban J connectivity index is 1.72. The fourth-order valence-corrected chi connectivity index (χ4v) is 2.92. The van der Waals surface area contributed by atoms with E-state index in [9.17, 15) is 0 Å². The fraction of sp³-hybridized carbons (Fsp3) is 0.667. The molecule has 17 heavy (non-hydrogen) atoms. The predicted octanol–water partition coefficient (Wildman–Crippen LogP) is 1.99. The minimum absolute atomic E-state index is 0.604. The van der Waals surface area contributed by atoms with Crippen LogP contribution in [-0.2, 0) is 6.54 Å². The van der Waals surface area contributed by atoms with Crippen molar-refractivity contribution in [3.63, 3.8) is 0 Å². The number of nitrogens with one attached hydrogen (secondary N) is 1. The van der Waals surface area contributed by atoms with E-state index in [1.165, 1.54) is 6.42 Å². The van der Waals surface area contributed by atoms with E-state index < -0.39 is 0 Å². The minimum atomic E-state index is 0.604. The van der Waals surface area contributed by atoms with Gasteiger partial charge in [0.25, 0.3) is 0 Å². The third kappa shape index (κ3) is 4.07. The number of amidine groups is 1. The van der Waals surface area contributed by atoms with Gasteiger partial charge in [0.05, 0.1) is 12.9 Å². The molecule has 1 aliphatic heterocycles. The zero-order valence-corrected chi connectivity index (χ0v) is 11.3. The first kappa shape index (κ1) is 12.5. The summed E-state index contributed by atoms with van der Waals surface area (Å²) in [6.07, 6.45) is 6.83. The van der Waals surface area contributed by atoms with Crippen LogP contribution in [0.3, 0.4) is 0 Å². The highest BCUT2D eigenvalue weighted by molar-refractivity contribution is 8.14. The molecule has 0 radical (unpaired) electrons. The van der Waals surface area contributed by atoms with Gasteiger partial charge in [-0.2, -0.15) is 0 Å². The Labute approximate surface area is 107 Å². The molecule has 1 aromatic rings. The highest BCUT2D eigenvalue weighted by Gasteiger charge is 2.20. The van der Waals surface area contributed by atoms with E-state index in [-0.39, 0.29) is 0 Å². The summed E-state index contributed by atoms with van der Waals surface area (Å²) in [7, 11) is 0. The first-order chi connectivity index (χ1) is 8.24. The van der Waals surface area contributed by atoms with Crippen molar-refractivity contribution in [2.45, 2.75) is 32.9 Å². The molecular formula is C12H20N4S. The van der Waals surface area contributed by atoms with Gasteiger partial charge in [0.15, 0.2) is 5.17 Å². The van der Waals surface area contributed by atoms with Gasteiger partial charge in [-0.3, -0.25) is 4.99 Å². The second kappa shape index (κ2) is 6.10. The summed E-state index contributed by atoms with van der Waals surface area (Å²) in [6, 6.07) is 0.604. The largest absolute Gasteiger partial charge is 0.361 e. The van der Waals surface area contributed by atoms with Gasteiger partial charge in [0.2, 0.25) is 0 Å². The second-order valence-corrected chi connectivity index (χ2v) is 5.78. The molecule has 0 bridgehead atoms. The quantitative estimate of drug-likeness (QED) is 0.871. The Morgan fingerprint density at radius 1 is 1.65 bits per heavy atom. The molecular weight excluding hydrogens is 232 g/mol. The first-order valence-corrected chi connectivity index (χ1v) is 7.12. The van der Waals surface area contributed by atoms with Gasteiger partial charge < -0.3 is 9.88 Å². The molecule has 1 atom stereocenters. The van der Waals surface area contributed by atoms with Crippen molar-refractivity contribution in [3.8, 4) is 0 Å². The van der Waals surface area contributed by atoms with Crippen molar-refractivity contribution in [3.05, 3.63) is 18.7 Å². The summed E-state index contributed by atoms with van der Waals surface area (Å²) in [5.74, 6) is 1.90. The third-order valence-corrected chi connectivity index (χ3v) is 3.77. The molecule has 0 amide bonds. The fourth-order valence-electron chi connectivity index (χ4n) is 1.91. The van der Waals surface area contributed by atoms with E-state index in [4.69, 9.17) is 0 Å². The molecule has 4 nitrogen and oxygen atoms in total. The topological polar surface area (TPSA) is 42.2 Å². The Hall–Kier alpha value is -0.970. The van der Waals surface area contributed by atoms with Crippen LogP contribution in [0.1, 0.15) is 20.3 Å². The Bertz CT molecular complexity index is 359. The molecule has 1 fully saturated rings. The Morgan fingerprint density at radius 3 is 3.24 bits per heavy atom. The van der Waals surface area contributed by atoms with Crippen LogP contribution < -0.4 is 5.32 Å². The summed E-state index contributed by atoms with van der Waals surface area (Å²) < 4.78 is 2.05. The van der Waals surface area contributed by atoms with Gasteiger partial charge in [-0.1, -0.05) is 25.6 Å². The average Bonchev–Trinajstić information content (AvgIpc) is 2.89. The van der Waals surface area contributed by atoms with Crippen molar-refractivity contribution < 1.29 is 0 Å². The monoisotopic (exact) mass is 252 g/mol. The van der Waals surface area contributed by atoms with Crippen LogP contribution in [0.4, 0.5) is 0 Å². The van der Waals surface area contributed by atoms with E-state index in [2.05, 4.69) is 33.7 Å². The maximum absolute atomic E-state index is 4.58. The third-order valence-electron chi connectivity index (χ3n) is 2.68. The zero-order chi connectivity index (χ0) is 12.1. The van der Waals surface area contributed by atoms with Crippen LogP contribution in [0.2, 0.25) is 0 Å². The van der Waals surface area contributed by atoms with Crippen LogP contribution in [0.25, 0.3) is 0 Å². The Kier molecular flexibility index (Phi) is 4.48. The molecule has 1 N–H and O–H groups in total. The maximum atomic E-state index is 4.58. The van der Waals surface area contributed by atoms with Gasteiger partial charge in [-0.05, 0) is 12.3 Å². The van der Waals surface area contributed by atoms with Crippen molar-refractivity contribution in [2.75, 3.05) is 12.3 Å². The summed E-state index contributed by atoms with van der Waals surface area (Å²) >= 11 is 1.84. The molecule has 0 aliphatic carbocycles. The standard InChI is InChI=1S/C12H20N4S/c1-10(2)7-11-8-17-12(15-11)14-4-6-16-5-3-13-9-16/h3,5,9-11H,4,6-8H2,1-2H3,(H,14,15). The Morgan fingerprint density at radius 2 is 2.53 bits per heavy atom. The van der Waals surface area contributed by atoms with E-state index in [1.54, 1.807) is 6.20 Å². The number of nitrogens with zero attached hydrogens (tertiary/aromatic N) is 3. The smallest absolute Gasteiger partial charge is 0.156 e. The van der Waals surface area contributed by atoms with Crippen molar-refractivity contribution in [2.24, 2.45) is 10.9 Å². The van der Waals surface area contributed by atoms with Crippen LogP contribution in [0.15, 0.2) is 23.7 Å². The molecule has 1 aliphatic rings. The summed E-state index contributed by atoms with van der Waals surface area (Å²) in [5.41, 5.74) is 0.